The van der Waals surface area contributed by atoms with Gasteiger partial charge in [-0.05, 0) is 24.7 Å². The van der Waals surface area contributed by atoms with Crippen molar-refractivity contribution < 1.29 is 9.59 Å². The summed E-state index contributed by atoms with van der Waals surface area (Å²) in [6.07, 6.45) is 7.12. The lowest BCUT2D eigenvalue weighted by Gasteiger charge is -2.27. The maximum atomic E-state index is 10.3. The number of carbonyl (C=O) groups is 2. The largest absolute Gasteiger partial charge is 0.358 e. The summed E-state index contributed by atoms with van der Waals surface area (Å²) in [7, 11) is 0. The van der Waals surface area contributed by atoms with Gasteiger partial charge in [0, 0.05) is 13.0 Å². The molecular weight excluding hydrogens is 166 g/mol. The number of hydrogen-bond acceptors (Lipinski definition) is 2. The molecule has 2 unspecified atom stereocenters. The van der Waals surface area contributed by atoms with Crippen molar-refractivity contribution in [3.8, 4) is 0 Å². The fourth-order valence-electron chi connectivity index (χ4n) is 2.15. The molecule has 1 saturated carbocycles. The van der Waals surface area contributed by atoms with Crippen LogP contribution in [0.25, 0.3) is 0 Å². The third kappa shape index (κ3) is 3.57. The Morgan fingerprint density at radius 2 is 2.00 bits per heavy atom. The lowest BCUT2D eigenvalue weighted by atomic mass is 9.80. The Morgan fingerprint density at radius 1 is 1.23 bits per heavy atom. The topological polar surface area (TPSA) is 46.2 Å². The fraction of sp³-hybridized carbons (Fsp3) is 0.800. The van der Waals surface area contributed by atoms with Crippen LogP contribution in [0.2, 0.25) is 0 Å². The zero-order chi connectivity index (χ0) is 9.52. The molecule has 1 fully saturated rings. The van der Waals surface area contributed by atoms with E-state index in [1.165, 1.54) is 19.3 Å². The van der Waals surface area contributed by atoms with Gasteiger partial charge in [-0.1, -0.05) is 12.8 Å². The minimum atomic E-state index is 0.560. The summed E-state index contributed by atoms with van der Waals surface area (Å²) in [5.41, 5.74) is 0. The van der Waals surface area contributed by atoms with Crippen molar-refractivity contribution in [2.24, 2.45) is 11.8 Å². The quantitative estimate of drug-likeness (QED) is 0.649. The standard InChI is InChI=1S/C10H17NO2/c12-5-4-9-2-1-3-10(6-9)7-11-8-13/h5,8-10H,1-4,6-7H2,(H,11,13). The zero-order valence-electron chi connectivity index (χ0n) is 7.87. The molecule has 13 heavy (non-hydrogen) atoms. The van der Waals surface area contributed by atoms with E-state index in [1.54, 1.807) is 0 Å². The van der Waals surface area contributed by atoms with Crippen LogP contribution in [0.1, 0.15) is 32.1 Å². The van der Waals surface area contributed by atoms with Gasteiger partial charge in [-0.15, -0.1) is 0 Å². The minimum absolute atomic E-state index is 0.560. The number of nitrogens with one attached hydrogen (secondary N) is 1. The first kappa shape index (κ1) is 10.2. The number of carbonyl (C=O) groups excluding carboxylic acids is 2. The molecule has 0 heterocycles. The highest BCUT2D eigenvalue weighted by molar-refractivity contribution is 5.49. The second kappa shape index (κ2) is 5.73. The van der Waals surface area contributed by atoms with Gasteiger partial charge in [-0.2, -0.15) is 0 Å². The molecule has 2 atom stereocenters. The third-order valence-corrected chi connectivity index (χ3v) is 2.81. The number of aldehydes is 1. The Bertz CT molecular complexity index is 170. The van der Waals surface area contributed by atoms with Crippen molar-refractivity contribution in [3.63, 3.8) is 0 Å². The summed E-state index contributed by atoms with van der Waals surface area (Å²) in [5.74, 6) is 1.15. The Morgan fingerprint density at radius 3 is 2.69 bits per heavy atom. The average molecular weight is 183 g/mol. The van der Waals surface area contributed by atoms with Crippen molar-refractivity contribution in [2.45, 2.75) is 32.1 Å². The summed E-state index contributed by atoms with van der Waals surface area (Å²) in [4.78, 5) is 20.4. The summed E-state index contributed by atoms with van der Waals surface area (Å²) >= 11 is 0. The first-order valence-corrected chi connectivity index (χ1v) is 4.97. The minimum Gasteiger partial charge on any atom is -0.358 e. The molecule has 0 aliphatic heterocycles. The molecule has 0 spiro atoms. The van der Waals surface area contributed by atoms with E-state index in [4.69, 9.17) is 0 Å². The van der Waals surface area contributed by atoms with E-state index >= 15 is 0 Å². The van der Waals surface area contributed by atoms with Gasteiger partial charge in [0.15, 0.2) is 0 Å². The van der Waals surface area contributed by atoms with Crippen LogP contribution in [0.5, 0.6) is 0 Å². The van der Waals surface area contributed by atoms with Gasteiger partial charge in [0.1, 0.15) is 6.29 Å². The molecule has 0 aromatic heterocycles. The van der Waals surface area contributed by atoms with Crippen LogP contribution in [0.3, 0.4) is 0 Å². The molecule has 74 valence electrons. The van der Waals surface area contributed by atoms with Crippen molar-refractivity contribution in [3.05, 3.63) is 0 Å². The Labute approximate surface area is 78.9 Å². The number of rotatable bonds is 5. The van der Waals surface area contributed by atoms with E-state index in [0.717, 1.165) is 25.7 Å². The average Bonchev–Trinajstić information content (AvgIpc) is 2.16. The van der Waals surface area contributed by atoms with E-state index in [-0.39, 0.29) is 0 Å². The SMILES string of the molecule is O=CCC1CCCC(CNC=O)C1. The highest BCUT2D eigenvalue weighted by Gasteiger charge is 2.20. The molecule has 1 rings (SSSR count). The van der Waals surface area contributed by atoms with Crippen molar-refractivity contribution in [1.82, 2.24) is 5.32 Å². The normalized spacial score (nSPS) is 28.0. The van der Waals surface area contributed by atoms with Gasteiger partial charge >= 0.3 is 0 Å². The van der Waals surface area contributed by atoms with Gasteiger partial charge in [0.2, 0.25) is 6.41 Å². The van der Waals surface area contributed by atoms with E-state index in [1.807, 2.05) is 0 Å². The van der Waals surface area contributed by atoms with Crippen LogP contribution in [0, 0.1) is 11.8 Å². The predicted molar refractivity (Wildman–Crippen MR) is 50.2 cm³/mol. The van der Waals surface area contributed by atoms with Gasteiger partial charge in [0.05, 0.1) is 0 Å². The predicted octanol–water partition coefficient (Wildman–Crippen LogP) is 1.13. The Balaban J connectivity index is 2.23. The lowest BCUT2D eigenvalue weighted by Crippen LogP contribution is -2.26. The van der Waals surface area contributed by atoms with E-state index in [2.05, 4.69) is 5.32 Å². The molecule has 3 nitrogen and oxygen atoms in total. The monoisotopic (exact) mass is 183 g/mol. The van der Waals surface area contributed by atoms with Crippen molar-refractivity contribution in [1.29, 1.82) is 0 Å². The van der Waals surface area contributed by atoms with Crippen LogP contribution in [-0.4, -0.2) is 19.2 Å². The fourth-order valence-corrected chi connectivity index (χ4v) is 2.15. The Hall–Kier alpha value is -0.860. The summed E-state index contributed by atoms with van der Waals surface area (Å²) in [5, 5.41) is 2.71. The first-order valence-electron chi connectivity index (χ1n) is 4.97. The molecule has 1 aliphatic rings. The van der Waals surface area contributed by atoms with Gasteiger partial charge in [-0.3, -0.25) is 4.79 Å². The van der Waals surface area contributed by atoms with E-state index in [9.17, 15) is 9.59 Å². The van der Waals surface area contributed by atoms with E-state index < -0.39 is 0 Å². The molecule has 0 saturated heterocycles. The molecular formula is C10H17NO2. The van der Waals surface area contributed by atoms with Crippen LogP contribution in [0.15, 0.2) is 0 Å². The van der Waals surface area contributed by atoms with Crippen LogP contribution in [-0.2, 0) is 9.59 Å². The number of hydrogen-bond donors (Lipinski definition) is 1. The highest BCUT2D eigenvalue weighted by atomic mass is 16.1. The molecule has 3 heteroatoms. The van der Waals surface area contributed by atoms with E-state index in [0.29, 0.717) is 18.3 Å². The molecule has 1 aliphatic carbocycles. The third-order valence-electron chi connectivity index (χ3n) is 2.81. The zero-order valence-corrected chi connectivity index (χ0v) is 7.87. The maximum absolute atomic E-state index is 10.3. The highest BCUT2D eigenvalue weighted by Crippen LogP contribution is 2.29. The second-order valence-corrected chi connectivity index (χ2v) is 3.83. The summed E-state index contributed by atoms with van der Waals surface area (Å²) < 4.78 is 0. The van der Waals surface area contributed by atoms with Gasteiger partial charge in [0.25, 0.3) is 0 Å². The second-order valence-electron chi connectivity index (χ2n) is 3.83. The first-order chi connectivity index (χ1) is 6.36. The molecule has 1 amide bonds. The molecule has 0 bridgehead atoms. The summed E-state index contributed by atoms with van der Waals surface area (Å²) in [6, 6.07) is 0. The Kier molecular flexibility index (Phi) is 4.50. The smallest absolute Gasteiger partial charge is 0.207 e. The molecule has 0 aromatic rings. The van der Waals surface area contributed by atoms with Crippen molar-refractivity contribution in [2.75, 3.05) is 6.54 Å². The molecule has 0 aromatic carbocycles. The van der Waals surface area contributed by atoms with Crippen LogP contribution < -0.4 is 5.32 Å². The molecule has 0 radical (unpaired) electrons. The van der Waals surface area contributed by atoms with Gasteiger partial charge < -0.3 is 10.1 Å². The maximum Gasteiger partial charge on any atom is 0.207 e. The summed E-state index contributed by atoms with van der Waals surface area (Å²) in [6.45, 7) is 0.777. The number of amides is 1. The van der Waals surface area contributed by atoms with Gasteiger partial charge in [-0.25, -0.2) is 0 Å². The van der Waals surface area contributed by atoms with Crippen LogP contribution in [0.4, 0.5) is 0 Å². The van der Waals surface area contributed by atoms with Crippen LogP contribution >= 0.6 is 0 Å². The molecule has 1 N–H and O–H groups in total. The van der Waals surface area contributed by atoms with Crippen molar-refractivity contribution >= 4 is 12.7 Å². The lowest BCUT2D eigenvalue weighted by molar-refractivity contribution is -0.110.